The summed E-state index contributed by atoms with van der Waals surface area (Å²) in [4.78, 5) is 14.4. The summed E-state index contributed by atoms with van der Waals surface area (Å²) in [7, 11) is 0. The smallest absolute Gasteiger partial charge is 0.325 e. The first-order chi connectivity index (χ1) is 10.1. The number of benzene rings is 1. The van der Waals surface area contributed by atoms with Crippen LogP contribution in [0.25, 0.3) is 0 Å². The summed E-state index contributed by atoms with van der Waals surface area (Å²) < 4.78 is 26.2. The van der Waals surface area contributed by atoms with Crippen LogP contribution in [0.5, 0.6) is 0 Å². The molecule has 0 amide bonds. The first-order valence-electron chi connectivity index (χ1n) is 6.53. The Hall–Kier alpha value is -1.79. The van der Waals surface area contributed by atoms with Crippen molar-refractivity contribution in [1.29, 1.82) is 0 Å². The van der Waals surface area contributed by atoms with Crippen LogP contribution >= 0.6 is 11.3 Å². The number of fused-ring (bicyclic) bond motifs is 1. The Kier molecular flexibility index (Phi) is 3.73. The van der Waals surface area contributed by atoms with E-state index in [9.17, 15) is 18.7 Å². The molecule has 1 aliphatic heterocycles. The molecule has 0 aliphatic carbocycles. The molecule has 1 aromatic carbocycles. The molecule has 1 atom stereocenters. The molecule has 3 rings (SSSR count). The van der Waals surface area contributed by atoms with Crippen LogP contribution in [0.2, 0.25) is 0 Å². The van der Waals surface area contributed by atoms with Gasteiger partial charge in [0, 0.05) is 18.0 Å². The van der Waals surface area contributed by atoms with Crippen molar-refractivity contribution in [3.8, 4) is 0 Å². The minimum atomic E-state index is -0.920. The molecule has 1 aliphatic rings. The second-order valence-electron chi connectivity index (χ2n) is 5.01. The third-order valence-corrected chi connectivity index (χ3v) is 4.67. The number of carboxylic acids is 1. The maximum atomic E-state index is 13.3. The molecule has 6 heteroatoms. The van der Waals surface area contributed by atoms with E-state index in [1.165, 1.54) is 6.07 Å². The molecular weight excluding hydrogens is 296 g/mol. The summed E-state index contributed by atoms with van der Waals surface area (Å²) in [6.07, 6.45) is 0.778. The molecule has 1 N–H and O–H groups in total. The van der Waals surface area contributed by atoms with Crippen molar-refractivity contribution in [1.82, 2.24) is 4.90 Å². The Morgan fingerprint density at radius 1 is 1.33 bits per heavy atom. The Labute approximate surface area is 124 Å². The fourth-order valence-electron chi connectivity index (χ4n) is 2.70. The lowest BCUT2D eigenvalue weighted by Crippen LogP contribution is -2.38. The van der Waals surface area contributed by atoms with E-state index < -0.39 is 23.6 Å². The number of thiophene rings is 1. The molecule has 110 valence electrons. The van der Waals surface area contributed by atoms with Gasteiger partial charge in [-0.2, -0.15) is 0 Å². The molecule has 0 bridgehead atoms. The van der Waals surface area contributed by atoms with E-state index in [0.29, 0.717) is 12.1 Å². The summed E-state index contributed by atoms with van der Waals surface area (Å²) >= 11 is 1.56. The monoisotopic (exact) mass is 309 g/mol. The minimum absolute atomic E-state index is 0.281. The van der Waals surface area contributed by atoms with Crippen molar-refractivity contribution in [3.63, 3.8) is 0 Å². The van der Waals surface area contributed by atoms with Crippen molar-refractivity contribution in [3.05, 3.63) is 57.3 Å². The van der Waals surface area contributed by atoms with Gasteiger partial charge in [-0.05, 0) is 41.1 Å². The largest absolute Gasteiger partial charge is 0.480 e. The highest BCUT2D eigenvalue weighted by Crippen LogP contribution is 2.34. The predicted octanol–water partition coefficient (Wildman–Crippen LogP) is 3.21. The molecule has 1 unspecified atom stereocenters. The summed E-state index contributed by atoms with van der Waals surface area (Å²) in [6, 6.07) is 4.78. The molecule has 0 radical (unpaired) electrons. The number of carboxylic acid groups (broad SMARTS) is 1. The second-order valence-corrected chi connectivity index (χ2v) is 6.01. The lowest BCUT2D eigenvalue weighted by Gasteiger charge is -2.33. The molecule has 0 fully saturated rings. The molecule has 3 nitrogen and oxygen atoms in total. The van der Waals surface area contributed by atoms with Crippen LogP contribution in [0.15, 0.2) is 29.6 Å². The van der Waals surface area contributed by atoms with Gasteiger partial charge in [-0.1, -0.05) is 6.07 Å². The van der Waals surface area contributed by atoms with Crippen molar-refractivity contribution in [2.75, 3.05) is 6.54 Å². The van der Waals surface area contributed by atoms with Gasteiger partial charge in [-0.25, -0.2) is 8.78 Å². The van der Waals surface area contributed by atoms with Crippen LogP contribution in [0.1, 0.15) is 22.0 Å². The molecular formula is C15H13F2NO2S. The summed E-state index contributed by atoms with van der Waals surface area (Å²) in [5.41, 5.74) is 1.38. The first kappa shape index (κ1) is 14.2. The topological polar surface area (TPSA) is 40.5 Å². The van der Waals surface area contributed by atoms with Crippen LogP contribution in [0.4, 0.5) is 8.78 Å². The van der Waals surface area contributed by atoms with E-state index in [1.807, 2.05) is 11.4 Å². The van der Waals surface area contributed by atoms with Crippen LogP contribution < -0.4 is 0 Å². The van der Waals surface area contributed by atoms with Gasteiger partial charge in [0.15, 0.2) is 11.6 Å². The lowest BCUT2D eigenvalue weighted by molar-refractivity contribution is -0.144. The van der Waals surface area contributed by atoms with E-state index in [4.69, 9.17) is 0 Å². The van der Waals surface area contributed by atoms with Crippen LogP contribution in [-0.4, -0.2) is 22.5 Å². The van der Waals surface area contributed by atoms with Gasteiger partial charge in [0.25, 0.3) is 0 Å². The number of carbonyl (C=O) groups is 1. The van der Waals surface area contributed by atoms with Gasteiger partial charge >= 0.3 is 5.97 Å². The molecule has 1 aromatic heterocycles. The van der Waals surface area contributed by atoms with Crippen molar-refractivity contribution in [2.45, 2.75) is 19.0 Å². The summed E-state index contributed by atoms with van der Waals surface area (Å²) in [5.74, 6) is -2.73. The average molecular weight is 309 g/mol. The van der Waals surface area contributed by atoms with E-state index in [-0.39, 0.29) is 6.54 Å². The van der Waals surface area contributed by atoms with Crippen LogP contribution in [0.3, 0.4) is 0 Å². The van der Waals surface area contributed by atoms with E-state index in [2.05, 4.69) is 0 Å². The molecule has 0 saturated heterocycles. The van der Waals surface area contributed by atoms with Gasteiger partial charge in [0.05, 0.1) is 0 Å². The van der Waals surface area contributed by atoms with Crippen LogP contribution in [-0.2, 0) is 17.8 Å². The zero-order chi connectivity index (χ0) is 15.0. The number of rotatable bonds is 3. The Morgan fingerprint density at radius 3 is 2.86 bits per heavy atom. The van der Waals surface area contributed by atoms with Crippen molar-refractivity contribution >= 4 is 17.3 Å². The maximum absolute atomic E-state index is 13.3. The summed E-state index contributed by atoms with van der Waals surface area (Å²) in [6.45, 7) is 0.868. The van der Waals surface area contributed by atoms with Crippen molar-refractivity contribution < 1.29 is 18.7 Å². The number of aliphatic carboxylic acids is 1. The standard InChI is InChI=1S/C15H13F2NO2S/c16-11-2-1-9(7-12(11)17)8-18-5-3-13-10(4-6-21-13)14(18)15(19)20/h1-2,4,6-7,14H,3,5,8H2,(H,19,20). The van der Waals surface area contributed by atoms with Crippen LogP contribution in [0, 0.1) is 11.6 Å². The maximum Gasteiger partial charge on any atom is 0.325 e. The fraction of sp³-hybridized carbons (Fsp3) is 0.267. The minimum Gasteiger partial charge on any atom is -0.480 e. The van der Waals surface area contributed by atoms with Gasteiger partial charge in [0.1, 0.15) is 6.04 Å². The highest BCUT2D eigenvalue weighted by molar-refractivity contribution is 7.10. The molecule has 2 aromatic rings. The van der Waals surface area contributed by atoms with Crippen molar-refractivity contribution in [2.24, 2.45) is 0 Å². The summed E-state index contributed by atoms with van der Waals surface area (Å²) in [5, 5.41) is 11.4. The number of nitrogens with zero attached hydrogens (tertiary/aromatic N) is 1. The number of hydrogen-bond donors (Lipinski definition) is 1. The number of hydrogen-bond acceptors (Lipinski definition) is 3. The molecule has 0 spiro atoms. The SMILES string of the molecule is O=C(O)C1c2ccsc2CCN1Cc1ccc(F)c(F)c1. The van der Waals surface area contributed by atoms with Gasteiger partial charge in [-0.15, -0.1) is 11.3 Å². The first-order valence-corrected chi connectivity index (χ1v) is 7.41. The molecule has 2 heterocycles. The Morgan fingerprint density at radius 2 is 2.14 bits per heavy atom. The number of halogens is 2. The zero-order valence-corrected chi connectivity index (χ0v) is 11.9. The van der Waals surface area contributed by atoms with E-state index in [1.54, 1.807) is 16.2 Å². The normalized spacial score (nSPS) is 18.5. The third kappa shape index (κ3) is 2.69. The highest BCUT2D eigenvalue weighted by atomic mass is 32.1. The highest BCUT2D eigenvalue weighted by Gasteiger charge is 2.33. The Balaban J connectivity index is 1.88. The van der Waals surface area contributed by atoms with E-state index >= 15 is 0 Å². The fourth-order valence-corrected chi connectivity index (χ4v) is 3.60. The second kappa shape index (κ2) is 5.54. The zero-order valence-electron chi connectivity index (χ0n) is 11.1. The molecule has 0 saturated carbocycles. The lowest BCUT2D eigenvalue weighted by atomic mass is 9.99. The van der Waals surface area contributed by atoms with Gasteiger partial charge in [0.2, 0.25) is 0 Å². The Bertz CT molecular complexity index is 686. The average Bonchev–Trinajstić information content (AvgIpc) is 2.90. The van der Waals surface area contributed by atoms with Gasteiger partial charge < -0.3 is 5.11 Å². The van der Waals surface area contributed by atoms with E-state index in [0.717, 1.165) is 29.0 Å². The van der Waals surface area contributed by atoms with Gasteiger partial charge in [-0.3, -0.25) is 9.69 Å². The molecule has 21 heavy (non-hydrogen) atoms. The third-order valence-electron chi connectivity index (χ3n) is 3.67. The quantitative estimate of drug-likeness (QED) is 0.946. The predicted molar refractivity (Wildman–Crippen MR) is 75.2 cm³/mol.